The van der Waals surface area contributed by atoms with Crippen molar-refractivity contribution < 1.29 is 9.53 Å². The van der Waals surface area contributed by atoms with Crippen LogP contribution in [0.1, 0.15) is 51.6 Å². The summed E-state index contributed by atoms with van der Waals surface area (Å²) >= 11 is 0. The summed E-state index contributed by atoms with van der Waals surface area (Å²) in [5.74, 6) is 0.920. The minimum atomic E-state index is -0.151. The lowest BCUT2D eigenvalue weighted by atomic mass is 9.83. The first-order valence-corrected chi connectivity index (χ1v) is 6.65. The number of benzene rings is 1. The third-order valence-corrected chi connectivity index (χ3v) is 3.86. The van der Waals surface area contributed by atoms with E-state index in [4.69, 9.17) is 4.74 Å². The minimum Gasteiger partial charge on any atom is -0.487 e. The zero-order valence-corrected chi connectivity index (χ0v) is 11.3. The number of rotatable bonds is 3. The number of ether oxygens (including phenoxy) is 1. The van der Waals surface area contributed by atoms with Gasteiger partial charge in [0, 0.05) is 18.9 Å². The Kier molecular flexibility index (Phi) is 3.60. The first-order chi connectivity index (χ1) is 8.60. The maximum absolute atomic E-state index is 11.4. The molecule has 0 aromatic heterocycles. The van der Waals surface area contributed by atoms with Crippen molar-refractivity contribution in [3.63, 3.8) is 0 Å². The van der Waals surface area contributed by atoms with Gasteiger partial charge in [-0.05, 0) is 18.9 Å². The van der Waals surface area contributed by atoms with Gasteiger partial charge in [0.05, 0.1) is 6.04 Å². The van der Waals surface area contributed by atoms with Crippen LogP contribution in [0.15, 0.2) is 24.3 Å². The molecule has 0 aliphatic carbocycles. The summed E-state index contributed by atoms with van der Waals surface area (Å²) in [6.07, 6.45) is 2.75. The zero-order chi connectivity index (χ0) is 13.2. The summed E-state index contributed by atoms with van der Waals surface area (Å²) in [7, 11) is 0. The topological polar surface area (TPSA) is 38.3 Å². The van der Waals surface area contributed by atoms with Gasteiger partial charge in [0.2, 0.25) is 5.91 Å². The predicted octanol–water partition coefficient (Wildman–Crippen LogP) is 3.21. The molecule has 18 heavy (non-hydrogen) atoms. The highest BCUT2D eigenvalue weighted by Gasteiger charge is 2.38. The molecule has 0 spiro atoms. The maximum atomic E-state index is 11.4. The first-order valence-electron chi connectivity index (χ1n) is 6.65. The summed E-state index contributed by atoms with van der Waals surface area (Å²) in [6, 6.07) is 8.05. The molecule has 1 atom stereocenters. The van der Waals surface area contributed by atoms with E-state index < -0.39 is 0 Å². The molecule has 0 saturated heterocycles. The minimum absolute atomic E-state index is 0.0119. The lowest BCUT2D eigenvalue weighted by Gasteiger charge is -2.41. The van der Waals surface area contributed by atoms with E-state index in [9.17, 15) is 4.79 Å². The number of fused-ring (bicyclic) bond motifs is 1. The van der Waals surface area contributed by atoms with Crippen molar-refractivity contribution in [1.29, 1.82) is 0 Å². The van der Waals surface area contributed by atoms with Crippen LogP contribution in [0.4, 0.5) is 0 Å². The summed E-state index contributed by atoms with van der Waals surface area (Å²) < 4.78 is 6.18. The van der Waals surface area contributed by atoms with Gasteiger partial charge in [-0.2, -0.15) is 0 Å². The molecular formula is C15H21NO2. The number of carbonyl (C=O) groups is 1. The standard InChI is InChI=1S/C15H21NO2/c1-4-15(5-2)10-13(16-11(3)17)12-8-6-7-9-14(12)18-15/h6-9,13H,4-5,10H2,1-3H3,(H,16,17)/t13-/m1/s1. The Morgan fingerprint density at radius 3 is 2.67 bits per heavy atom. The van der Waals surface area contributed by atoms with Crippen LogP contribution in [-0.2, 0) is 4.79 Å². The molecule has 1 aliphatic heterocycles. The van der Waals surface area contributed by atoms with E-state index in [2.05, 4.69) is 19.2 Å². The molecule has 1 aromatic rings. The summed E-state index contributed by atoms with van der Waals surface area (Å²) in [5, 5.41) is 3.04. The molecule has 1 heterocycles. The van der Waals surface area contributed by atoms with Gasteiger partial charge in [0.25, 0.3) is 0 Å². The average Bonchev–Trinajstić information content (AvgIpc) is 2.38. The summed E-state index contributed by atoms with van der Waals surface area (Å²) in [6.45, 7) is 5.85. The van der Waals surface area contributed by atoms with Gasteiger partial charge in [-0.3, -0.25) is 4.79 Å². The van der Waals surface area contributed by atoms with Crippen molar-refractivity contribution in [3.8, 4) is 5.75 Å². The van der Waals surface area contributed by atoms with Crippen LogP contribution >= 0.6 is 0 Å². The van der Waals surface area contributed by atoms with Crippen molar-refractivity contribution >= 4 is 5.91 Å². The second-order valence-electron chi connectivity index (χ2n) is 4.99. The highest BCUT2D eigenvalue weighted by atomic mass is 16.5. The molecule has 3 nitrogen and oxygen atoms in total. The van der Waals surface area contributed by atoms with Crippen LogP contribution in [-0.4, -0.2) is 11.5 Å². The third-order valence-electron chi connectivity index (χ3n) is 3.86. The zero-order valence-electron chi connectivity index (χ0n) is 11.3. The monoisotopic (exact) mass is 247 g/mol. The van der Waals surface area contributed by atoms with Gasteiger partial charge >= 0.3 is 0 Å². The number of para-hydroxylation sites is 1. The van der Waals surface area contributed by atoms with Crippen LogP contribution in [0.3, 0.4) is 0 Å². The fourth-order valence-electron chi connectivity index (χ4n) is 2.68. The molecule has 0 bridgehead atoms. The second-order valence-corrected chi connectivity index (χ2v) is 4.99. The molecule has 0 fully saturated rings. The van der Waals surface area contributed by atoms with Crippen molar-refractivity contribution in [3.05, 3.63) is 29.8 Å². The highest BCUT2D eigenvalue weighted by molar-refractivity contribution is 5.73. The fraction of sp³-hybridized carbons (Fsp3) is 0.533. The molecule has 98 valence electrons. The number of hydrogen-bond donors (Lipinski definition) is 1. The lowest BCUT2D eigenvalue weighted by molar-refractivity contribution is -0.120. The molecular weight excluding hydrogens is 226 g/mol. The molecule has 3 heteroatoms. The maximum Gasteiger partial charge on any atom is 0.217 e. The Morgan fingerprint density at radius 2 is 2.06 bits per heavy atom. The number of nitrogens with one attached hydrogen (secondary N) is 1. The predicted molar refractivity (Wildman–Crippen MR) is 71.6 cm³/mol. The third kappa shape index (κ3) is 2.35. The van der Waals surface area contributed by atoms with E-state index in [1.54, 1.807) is 6.92 Å². The van der Waals surface area contributed by atoms with E-state index in [1.165, 1.54) is 0 Å². The number of carbonyl (C=O) groups excluding carboxylic acids is 1. The van der Waals surface area contributed by atoms with Gasteiger partial charge < -0.3 is 10.1 Å². The smallest absolute Gasteiger partial charge is 0.217 e. The first kappa shape index (κ1) is 12.9. The quantitative estimate of drug-likeness (QED) is 0.890. The summed E-state index contributed by atoms with van der Waals surface area (Å²) in [5.41, 5.74) is 0.937. The number of amides is 1. The van der Waals surface area contributed by atoms with Crippen LogP contribution in [0.25, 0.3) is 0 Å². The van der Waals surface area contributed by atoms with Gasteiger partial charge in [-0.15, -0.1) is 0 Å². The van der Waals surface area contributed by atoms with Gasteiger partial charge in [0.1, 0.15) is 11.4 Å². The average molecular weight is 247 g/mol. The molecule has 1 N–H and O–H groups in total. The molecule has 2 rings (SSSR count). The van der Waals surface area contributed by atoms with Crippen molar-refractivity contribution in [2.24, 2.45) is 0 Å². The van der Waals surface area contributed by atoms with Crippen LogP contribution in [0, 0.1) is 0 Å². The van der Waals surface area contributed by atoms with E-state index in [1.807, 2.05) is 24.3 Å². The Morgan fingerprint density at radius 1 is 1.39 bits per heavy atom. The molecule has 1 aromatic carbocycles. The van der Waals surface area contributed by atoms with E-state index in [0.717, 1.165) is 30.6 Å². The highest BCUT2D eigenvalue weighted by Crippen LogP contribution is 2.42. The normalized spacial score (nSPS) is 20.7. The van der Waals surface area contributed by atoms with E-state index in [-0.39, 0.29) is 17.6 Å². The molecule has 0 saturated carbocycles. The molecule has 0 unspecified atom stereocenters. The second kappa shape index (κ2) is 5.01. The number of hydrogen-bond acceptors (Lipinski definition) is 2. The van der Waals surface area contributed by atoms with E-state index in [0.29, 0.717) is 0 Å². The summed E-state index contributed by atoms with van der Waals surface area (Å²) in [4.78, 5) is 11.4. The van der Waals surface area contributed by atoms with Crippen molar-refractivity contribution in [2.45, 2.75) is 51.7 Å². The van der Waals surface area contributed by atoms with Gasteiger partial charge in [-0.25, -0.2) is 0 Å². The Balaban J connectivity index is 2.37. The van der Waals surface area contributed by atoms with Crippen LogP contribution in [0.2, 0.25) is 0 Å². The van der Waals surface area contributed by atoms with Gasteiger partial charge in [-0.1, -0.05) is 32.0 Å². The lowest BCUT2D eigenvalue weighted by Crippen LogP contribution is -2.44. The SMILES string of the molecule is CCC1(CC)C[C@@H](NC(C)=O)c2ccccc2O1. The Hall–Kier alpha value is -1.51. The van der Waals surface area contributed by atoms with Gasteiger partial charge in [0.15, 0.2) is 0 Å². The van der Waals surface area contributed by atoms with Crippen LogP contribution < -0.4 is 10.1 Å². The largest absolute Gasteiger partial charge is 0.487 e. The van der Waals surface area contributed by atoms with Crippen LogP contribution in [0.5, 0.6) is 5.75 Å². The Bertz CT molecular complexity index is 438. The fourth-order valence-corrected chi connectivity index (χ4v) is 2.68. The molecule has 1 amide bonds. The van der Waals surface area contributed by atoms with Crippen molar-refractivity contribution in [2.75, 3.05) is 0 Å². The van der Waals surface area contributed by atoms with Crippen molar-refractivity contribution in [1.82, 2.24) is 5.32 Å². The Labute approximate surface area is 109 Å². The van der Waals surface area contributed by atoms with E-state index >= 15 is 0 Å². The molecule has 1 aliphatic rings. The molecule has 0 radical (unpaired) electrons.